The zero-order chi connectivity index (χ0) is 92.2. The average Bonchev–Trinajstić information content (AvgIpc) is 1.47. The number of aryl methyl sites for hydroxylation is 2. The van der Waals surface area contributed by atoms with Crippen molar-refractivity contribution < 1.29 is 86.9 Å². The fraction of sp³-hybridized carbons (Fsp3) is 0.592. The van der Waals surface area contributed by atoms with E-state index >= 15 is 0 Å². The van der Waals surface area contributed by atoms with Crippen LogP contribution in [0, 0.1) is 36.5 Å². The highest BCUT2D eigenvalue weighted by molar-refractivity contribution is 6.62. The van der Waals surface area contributed by atoms with Crippen LogP contribution in [0.15, 0.2) is 97.1 Å². The van der Waals surface area contributed by atoms with Gasteiger partial charge in [0.15, 0.2) is 12.2 Å². The molecule has 2 saturated carbocycles. The van der Waals surface area contributed by atoms with E-state index in [-0.39, 0.29) is 42.3 Å². The van der Waals surface area contributed by atoms with E-state index < -0.39 is 108 Å². The van der Waals surface area contributed by atoms with Gasteiger partial charge in [-0.3, -0.25) is 34.0 Å². The topological polar surface area (TPSA) is 335 Å². The highest BCUT2D eigenvalue weighted by atomic mass is 35.5. The molecular weight excluding hydrogens is 1640 g/mol. The number of aromatic nitrogens is 2. The Bertz CT molecular complexity index is 5410. The Morgan fingerprint density at radius 1 is 0.543 bits per heavy atom. The van der Waals surface area contributed by atoms with Crippen LogP contribution in [0.5, 0.6) is 0 Å². The molecule has 18 rings (SSSR count). The number of esters is 4. The lowest BCUT2D eigenvalue weighted by molar-refractivity contribution is -0.229. The number of aromatic amines is 2. The Labute approximate surface area is 748 Å². The predicted molar refractivity (Wildman–Crippen MR) is 477 cm³/mol. The third-order valence-corrected chi connectivity index (χ3v) is 32.2. The number of likely N-dealkylation sites (N-methyl/N-ethyl adjacent to an activating group) is 2. The molecule has 684 valence electrons. The van der Waals surface area contributed by atoms with Gasteiger partial charge in [0, 0.05) is 198 Å². The maximum Gasteiger partial charge on any atom is 0.409 e. The summed E-state index contributed by atoms with van der Waals surface area (Å²) in [6, 6.07) is 24.9. The standard InChI is InChI=1S/C48H63N5O7.C45H58N4O6.C3H6ClNO.2CO2/c1-10-45(60-43(56)50(6)7)26-31-25-44(5,38-33(17-21-52(27-31)28-45)32-15-12-13-16-36(32)49-38)34-24-35-37(23-29(34)3)51(8)40-47(35)19-22-53-20-14-18-46(11-2,39(47)53)41(59-30(4)54)48(40,57)42(55)58-9;1-8-42(52)24-29-23-41(5,36-31(15-19-48(25-29)26-42)30-13-10-11-14-34(30)46-36)32-22-33-35(21-27(32)3)47(6)38-44(33)17-20-49-18-12-16-43(9-2,37(44)49)39(55-28(4)50)45(38,53)40(51)54-7;1-5(2)3(4)6;2*2-1-3/h12-16,18,23-24,31,39-41,49,57H,10-11,17,19-22,25-28H2,1-9H3;10-14,16,21-22,29,37-39,46,52-53H,8-9,15,17-20,23-26H2,1-7H3;1-2H3;;/t31-,39-,40+,41+,44+,45?,46+,47+,48-;29-,37-,38+,39+,41+,42?,43+,44+,45-;;;/m00.../s1. The summed E-state index contributed by atoms with van der Waals surface area (Å²) in [5.74, 6) is -2.18. The number of nitrogens with zero attached hydrogens (tertiary/aromatic N) is 8. The van der Waals surface area contributed by atoms with E-state index in [1.165, 1.54) is 82.3 Å². The number of anilines is 2. The van der Waals surface area contributed by atoms with Crippen LogP contribution in [0.25, 0.3) is 21.8 Å². The monoisotopic (exact) mass is 1770 g/mol. The van der Waals surface area contributed by atoms with Gasteiger partial charge in [-0.15, -0.1) is 0 Å². The van der Waals surface area contributed by atoms with E-state index in [0.717, 1.165) is 155 Å². The van der Waals surface area contributed by atoms with Gasteiger partial charge in [0.1, 0.15) is 5.60 Å². The lowest BCUT2D eigenvalue weighted by atomic mass is 9.47. The molecule has 0 radical (unpaired) electrons. The summed E-state index contributed by atoms with van der Waals surface area (Å²) in [5, 5.41) is 40.5. The second-order valence-electron chi connectivity index (χ2n) is 39.0. The third kappa shape index (κ3) is 14.6. The molecule has 28 nitrogen and oxygen atoms in total. The molecule has 20 atom stereocenters. The Kier molecular flexibility index (Phi) is 25.6. The number of methoxy groups -OCH3 is 2. The molecule has 12 heterocycles. The van der Waals surface area contributed by atoms with E-state index in [2.05, 4.69) is 192 Å². The van der Waals surface area contributed by atoms with Crippen molar-refractivity contribution in [2.24, 2.45) is 22.7 Å². The van der Waals surface area contributed by atoms with Crippen LogP contribution in [0.4, 0.5) is 21.0 Å². The van der Waals surface area contributed by atoms with Gasteiger partial charge in [0.2, 0.25) is 11.2 Å². The minimum absolute atomic E-state index is 0.142. The number of aliphatic hydroxyl groups is 3. The van der Waals surface area contributed by atoms with Gasteiger partial charge in [-0.1, -0.05) is 101 Å². The molecule has 12 aliphatic rings. The van der Waals surface area contributed by atoms with Crippen LogP contribution in [0.2, 0.25) is 0 Å². The largest absolute Gasteiger partial charge is 0.467 e. The fourth-order valence-electron chi connectivity index (χ4n) is 27.4. The number of hydrogen-bond donors (Lipinski definition) is 5. The SMILES string of the molecule is CCC1(O)C[C@H]2CN(CCc3c([nH]c4ccccc34)[C@@](C)(c3cc4c(cc3C)N(C)[C@H]3[C@@](O)(C(=O)OC)[C@H](OC(C)=O)[C@]5(CC)C=CCN6CC[C@]43[C@@H]65)C2)C1.CCC1(OC(=O)N(C)C)C[C@H]2CN(CCc3c([nH]c4ccccc34)[C@@](C)(c3cc4c(cc3C)N(C)[C@H]3[C@@](O)(C(=O)OC)[C@H](OC(C)=O)[C@]5(CC)C=CCN6CC[C@]43[C@@H]65)C2)C1.CN(C)C(=O)Cl.O=C=O.O=C=O. The number of rotatable bonds is 11. The molecule has 2 spiro atoms. The molecule has 4 bridgehead atoms. The van der Waals surface area contributed by atoms with Gasteiger partial charge in [-0.05, 0) is 210 Å². The summed E-state index contributed by atoms with van der Waals surface area (Å²) in [4.78, 5) is 135. The molecule has 4 saturated heterocycles. The number of H-pyrrole nitrogens is 2. The van der Waals surface area contributed by atoms with E-state index in [9.17, 15) is 44.1 Å². The summed E-state index contributed by atoms with van der Waals surface area (Å²) in [7, 11) is 13.3. The van der Waals surface area contributed by atoms with Gasteiger partial charge in [0.25, 0.3) is 0 Å². The van der Waals surface area contributed by atoms with Crippen molar-refractivity contribution in [2.75, 3.05) is 132 Å². The van der Waals surface area contributed by atoms with Crippen LogP contribution in [0.1, 0.15) is 175 Å². The highest BCUT2D eigenvalue weighted by Crippen LogP contribution is 2.71. The average molecular weight is 1770 g/mol. The van der Waals surface area contributed by atoms with Crippen molar-refractivity contribution in [1.82, 2.24) is 39.4 Å². The van der Waals surface area contributed by atoms with E-state index in [1.807, 2.05) is 14.1 Å². The maximum atomic E-state index is 14.4. The first-order chi connectivity index (χ1) is 60.2. The Hall–Kier alpha value is -9.57. The number of carbonyl (C=O) groups excluding carboxylic acids is 10. The number of nitrogens with one attached hydrogen (secondary N) is 2. The first-order valence-electron chi connectivity index (χ1n) is 44.9. The lowest BCUT2D eigenvalue weighted by Crippen LogP contribution is -2.81. The van der Waals surface area contributed by atoms with Crippen LogP contribution >= 0.6 is 11.6 Å². The fourth-order valence-corrected chi connectivity index (χ4v) is 27.4. The molecule has 127 heavy (non-hydrogen) atoms. The first kappa shape index (κ1) is 93.6. The molecular formula is C98H127ClN10O18. The van der Waals surface area contributed by atoms with Crippen molar-refractivity contribution >= 4 is 92.4 Å². The van der Waals surface area contributed by atoms with Crippen LogP contribution in [-0.2, 0) is 96.5 Å². The number of carbonyl (C=O) groups is 6. The second kappa shape index (κ2) is 34.7. The zero-order valence-corrected chi connectivity index (χ0v) is 77.6. The summed E-state index contributed by atoms with van der Waals surface area (Å²) in [6.07, 6.45) is 15.3. The lowest BCUT2D eigenvalue weighted by Gasteiger charge is -2.63. The van der Waals surface area contributed by atoms with Crippen molar-refractivity contribution in [3.8, 4) is 0 Å². The predicted octanol–water partition coefficient (Wildman–Crippen LogP) is 10.7. The maximum absolute atomic E-state index is 14.4. The molecule has 6 aromatic rings. The summed E-state index contributed by atoms with van der Waals surface area (Å²) < 4.78 is 29.8. The molecule has 4 unspecified atom stereocenters. The zero-order valence-electron chi connectivity index (χ0n) is 76.8. The Morgan fingerprint density at radius 3 is 1.31 bits per heavy atom. The molecule has 2 amide bonds. The van der Waals surface area contributed by atoms with Gasteiger partial charge in [0.05, 0.1) is 31.9 Å². The molecule has 5 N–H and O–H groups in total. The second-order valence-corrected chi connectivity index (χ2v) is 39.4. The quantitative estimate of drug-likeness (QED) is 0.0264. The van der Waals surface area contributed by atoms with Crippen molar-refractivity contribution in [3.05, 3.63) is 153 Å². The molecule has 10 aliphatic heterocycles. The van der Waals surface area contributed by atoms with Gasteiger partial charge in [-0.2, -0.15) is 19.2 Å². The number of amides is 2. The molecule has 2 aromatic heterocycles. The smallest absolute Gasteiger partial charge is 0.409 e. The summed E-state index contributed by atoms with van der Waals surface area (Å²) in [5.41, 5.74) is 6.53. The van der Waals surface area contributed by atoms with Crippen molar-refractivity contribution in [1.29, 1.82) is 0 Å². The Balaban J connectivity index is 0.000000183. The van der Waals surface area contributed by atoms with Gasteiger partial charge in [-0.25, -0.2) is 14.4 Å². The molecule has 29 heteroatoms. The summed E-state index contributed by atoms with van der Waals surface area (Å²) in [6.45, 7) is 28.3. The number of para-hydroxylation sites is 2. The number of hydrogen-bond acceptors (Lipinski definition) is 24. The van der Waals surface area contributed by atoms with Crippen molar-refractivity contribution in [3.63, 3.8) is 0 Å². The Morgan fingerprint density at radius 2 is 0.945 bits per heavy atom. The molecule has 4 aromatic carbocycles. The van der Waals surface area contributed by atoms with E-state index in [4.69, 9.17) is 54.5 Å². The number of fused-ring (bicyclic) bond motifs is 12. The minimum atomic E-state index is -2.18. The van der Waals surface area contributed by atoms with Crippen LogP contribution in [-0.4, -0.2) is 283 Å². The van der Waals surface area contributed by atoms with Gasteiger partial charge >= 0.3 is 47.6 Å². The van der Waals surface area contributed by atoms with Crippen LogP contribution in [0.3, 0.4) is 0 Å². The minimum Gasteiger partial charge on any atom is -0.467 e. The van der Waals surface area contributed by atoms with Gasteiger partial charge < -0.3 is 68.6 Å². The number of ether oxygens (including phenoxy) is 5. The number of halogens is 1. The normalized spacial score (nSPS) is 34.7. The molecule has 6 fully saturated rings. The third-order valence-electron chi connectivity index (χ3n) is 31.9. The number of piperidine rings is 2. The van der Waals surface area contributed by atoms with Crippen molar-refractivity contribution in [2.45, 2.75) is 227 Å². The first-order valence-corrected chi connectivity index (χ1v) is 45.3. The van der Waals surface area contributed by atoms with E-state index in [1.54, 1.807) is 28.2 Å². The number of benzene rings is 4. The highest BCUT2D eigenvalue weighted by Gasteiger charge is 2.82. The summed E-state index contributed by atoms with van der Waals surface area (Å²) >= 11 is 4.90. The molecule has 2 aliphatic carbocycles. The van der Waals surface area contributed by atoms with E-state index in [0.29, 0.717) is 32.4 Å². The van der Waals surface area contributed by atoms with Crippen LogP contribution < -0.4 is 9.80 Å².